The molecule has 0 spiro atoms. The number of ether oxygens (including phenoxy) is 2. The highest BCUT2D eigenvalue weighted by Gasteiger charge is 2.25. The number of carbonyl (C=O) groups is 1. The molecule has 1 aliphatic heterocycles. The Balaban J connectivity index is 1.49. The van der Waals surface area contributed by atoms with Crippen LogP contribution in [0.15, 0.2) is 42.6 Å². The number of piperidine rings is 1. The van der Waals surface area contributed by atoms with E-state index < -0.39 is 0 Å². The van der Waals surface area contributed by atoms with Gasteiger partial charge in [-0.15, -0.1) is 5.10 Å². The van der Waals surface area contributed by atoms with Gasteiger partial charge in [-0.05, 0) is 36.6 Å². The van der Waals surface area contributed by atoms with Gasteiger partial charge in [0, 0.05) is 25.4 Å². The summed E-state index contributed by atoms with van der Waals surface area (Å²) < 4.78 is 10.9. The molecule has 1 aliphatic rings. The van der Waals surface area contributed by atoms with Crippen LogP contribution in [0.5, 0.6) is 11.6 Å². The zero-order chi connectivity index (χ0) is 17.5. The number of hydrogen-bond acceptors (Lipinski definition) is 5. The second kappa shape index (κ2) is 8.32. The van der Waals surface area contributed by atoms with Gasteiger partial charge in [0.1, 0.15) is 11.9 Å². The molecule has 7 heteroatoms. The lowest BCUT2D eigenvalue weighted by Gasteiger charge is -2.32. The third-order valence-electron chi connectivity index (χ3n) is 4.10. The van der Waals surface area contributed by atoms with Crippen LogP contribution < -0.4 is 14.8 Å². The number of methoxy groups -OCH3 is 1. The van der Waals surface area contributed by atoms with Crippen LogP contribution in [0.25, 0.3) is 0 Å². The first kappa shape index (κ1) is 17.0. The minimum absolute atomic E-state index is 0.0582. The van der Waals surface area contributed by atoms with Gasteiger partial charge in [0.15, 0.2) is 0 Å². The fraction of sp³-hybridized carbons (Fsp3) is 0.389. The lowest BCUT2D eigenvalue weighted by atomic mass is 10.1. The highest BCUT2D eigenvalue weighted by molar-refractivity contribution is 5.74. The lowest BCUT2D eigenvalue weighted by molar-refractivity contribution is 0.0969. The molecule has 0 bridgehead atoms. The summed E-state index contributed by atoms with van der Waals surface area (Å²) in [6, 6.07) is 11.1. The van der Waals surface area contributed by atoms with Crippen LogP contribution in [-0.2, 0) is 6.54 Å². The van der Waals surface area contributed by atoms with Crippen molar-refractivity contribution >= 4 is 6.03 Å². The van der Waals surface area contributed by atoms with Gasteiger partial charge in [-0.1, -0.05) is 12.1 Å². The normalized spacial score (nSPS) is 17.0. The molecule has 1 aromatic heterocycles. The standard InChI is InChI=1S/C18H22N4O3/c1-24-15-8-6-14(7-9-15)12-19-18(23)22-11-3-4-16(13-22)25-17-5-2-10-20-21-17/h2,5-10,16H,3-4,11-13H2,1H3,(H,19,23). The molecule has 1 unspecified atom stereocenters. The minimum Gasteiger partial charge on any atom is -0.497 e. The highest BCUT2D eigenvalue weighted by atomic mass is 16.5. The average molecular weight is 342 g/mol. The number of benzene rings is 1. The quantitative estimate of drug-likeness (QED) is 0.902. The molecular weight excluding hydrogens is 320 g/mol. The molecule has 2 heterocycles. The summed E-state index contributed by atoms with van der Waals surface area (Å²) in [7, 11) is 1.63. The average Bonchev–Trinajstić information content (AvgIpc) is 2.67. The molecule has 2 aromatic rings. The summed E-state index contributed by atoms with van der Waals surface area (Å²) >= 11 is 0. The molecule has 0 radical (unpaired) electrons. The van der Waals surface area contributed by atoms with Crippen LogP contribution in [0, 0.1) is 0 Å². The van der Waals surface area contributed by atoms with Gasteiger partial charge in [0.2, 0.25) is 5.88 Å². The highest BCUT2D eigenvalue weighted by Crippen LogP contribution is 2.16. The van der Waals surface area contributed by atoms with Crippen molar-refractivity contribution in [1.29, 1.82) is 0 Å². The predicted molar refractivity (Wildman–Crippen MR) is 92.5 cm³/mol. The van der Waals surface area contributed by atoms with Crippen molar-refractivity contribution in [2.45, 2.75) is 25.5 Å². The van der Waals surface area contributed by atoms with E-state index in [0.717, 1.165) is 30.7 Å². The van der Waals surface area contributed by atoms with E-state index in [-0.39, 0.29) is 12.1 Å². The van der Waals surface area contributed by atoms with Crippen LogP contribution in [0.1, 0.15) is 18.4 Å². The zero-order valence-electron chi connectivity index (χ0n) is 14.2. The Hall–Kier alpha value is -2.83. The van der Waals surface area contributed by atoms with E-state index in [0.29, 0.717) is 19.0 Å². The van der Waals surface area contributed by atoms with Crippen LogP contribution in [-0.4, -0.2) is 47.4 Å². The minimum atomic E-state index is -0.0803. The Morgan fingerprint density at radius 1 is 1.32 bits per heavy atom. The van der Waals surface area contributed by atoms with Gasteiger partial charge < -0.3 is 19.7 Å². The van der Waals surface area contributed by atoms with E-state index >= 15 is 0 Å². The van der Waals surface area contributed by atoms with Crippen molar-refractivity contribution in [2.75, 3.05) is 20.2 Å². The van der Waals surface area contributed by atoms with Gasteiger partial charge in [-0.2, -0.15) is 5.10 Å². The number of nitrogens with one attached hydrogen (secondary N) is 1. The molecule has 0 aliphatic carbocycles. The lowest BCUT2D eigenvalue weighted by Crippen LogP contribution is -2.48. The Labute approximate surface area is 147 Å². The summed E-state index contributed by atoms with van der Waals surface area (Å²) in [5.41, 5.74) is 1.03. The zero-order valence-corrected chi connectivity index (χ0v) is 14.2. The molecule has 1 atom stereocenters. The molecule has 0 saturated carbocycles. The molecule has 1 aromatic carbocycles. The number of carbonyl (C=O) groups excluding carboxylic acids is 1. The molecular formula is C18H22N4O3. The molecule has 132 valence electrons. The maximum absolute atomic E-state index is 12.4. The summed E-state index contributed by atoms with van der Waals surface area (Å²) in [5, 5.41) is 10.7. The van der Waals surface area contributed by atoms with Gasteiger partial charge in [0.05, 0.1) is 13.7 Å². The second-order valence-corrected chi connectivity index (χ2v) is 5.90. The van der Waals surface area contributed by atoms with Crippen molar-refractivity contribution < 1.29 is 14.3 Å². The molecule has 7 nitrogen and oxygen atoms in total. The fourth-order valence-electron chi connectivity index (χ4n) is 2.77. The molecule has 1 N–H and O–H groups in total. The first-order valence-corrected chi connectivity index (χ1v) is 8.34. The van der Waals surface area contributed by atoms with E-state index in [1.807, 2.05) is 24.3 Å². The summed E-state index contributed by atoms with van der Waals surface area (Å²) in [6.45, 7) is 1.76. The van der Waals surface area contributed by atoms with Gasteiger partial charge in [-0.25, -0.2) is 4.79 Å². The molecule has 1 saturated heterocycles. The first-order chi connectivity index (χ1) is 12.2. The first-order valence-electron chi connectivity index (χ1n) is 8.34. The van der Waals surface area contributed by atoms with Gasteiger partial charge in [0.25, 0.3) is 0 Å². The summed E-state index contributed by atoms with van der Waals surface area (Å²) in [6.07, 6.45) is 3.35. The number of hydrogen-bond donors (Lipinski definition) is 1. The van der Waals surface area contributed by atoms with Crippen LogP contribution in [0.3, 0.4) is 0 Å². The maximum atomic E-state index is 12.4. The summed E-state index contributed by atoms with van der Waals surface area (Å²) in [5.74, 6) is 1.29. The Bertz CT molecular complexity index is 678. The van der Waals surface area contributed by atoms with Crippen molar-refractivity contribution in [3.63, 3.8) is 0 Å². The Morgan fingerprint density at radius 3 is 2.88 bits per heavy atom. The van der Waals surface area contributed by atoms with E-state index in [1.54, 1.807) is 30.3 Å². The number of amides is 2. The number of urea groups is 1. The monoisotopic (exact) mass is 342 g/mol. The van der Waals surface area contributed by atoms with Crippen LogP contribution in [0.2, 0.25) is 0 Å². The van der Waals surface area contributed by atoms with Gasteiger partial charge in [-0.3, -0.25) is 0 Å². The smallest absolute Gasteiger partial charge is 0.317 e. The Kier molecular flexibility index (Phi) is 5.66. The number of aromatic nitrogens is 2. The predicted octanol–water partition coefficient (Wildman–Crippen LogP) is 2.24. The maximum Gasteiger partial charge on any atom is 0.317 e. The Morgan fingerprint density at radius 2 is 2.16 bits per heavy atom. The van der Waals surface area contributed by atoms with Crippen LogP contribution in [0.4, 0.5) is 4.79 Å². The third kappa shape index (κ3) is 4.82. The van der Waals surface area contributed by atoms with E-state index in [2.05, 4.69) is 15.5 Å². The van der Waals surface area contributed by atoms with Crippen molar-refractivity contribution in [3.8, 4) is 11.6 Å². The van der Waals surface area contributed by atoms with Crippen molar-refractivity contribution in [1.82, 2.24) is 20.4 Å². The summed E-state index contributed by atoms with van der Waals surface area (Å²) in [4.78, 5) is 14.2. The van der Waals surface area contributed by atoms with E-state index in [9.17, 15) is 4.79 Å². The fourth-order valence-corrected chi connectivity index (χ4v) is 2.77. The largest absolute Gasteiger partial charge is 0.497 e. The number of likely N-dealkylation sites (tertiary alicyclic amines) is 1. The third-order valence-corrected chi connectivity index (χ3v) is 4.10. The van der Waals surface area contributed by atoms with Gasteiger partial charge >= 0.3 is 6.03 Å². The SMILES string of the molecule is COc1ccc(CNC(=O)N2CCCC(Oc3cccnn3)C2)cc1. The molecule has 2 amide bonds. The number of nitrogens with zero attached hydrogens (tertiary/aromatic N) is 3. The molecule has 25 heavy (non-hydrogen) atoms. The molecule has 3 rings (SSSR count). The van der Waals surface area contributed by atoms with Crippen molar-refractivity contribution in [3.05, 3.63) is 48.2 Å². The van der Waals surface area contributed by atoms with Crippen molar-refractivity contribution in [2.24, 2.45) is 0 Å². The van der Waals surface area contributed by atoms with E-state index in [4.69, 9.17) is 9.47 Å². The second-order valence-electron chi connectivity index (χ2n) is 5.90. The van der Waals surface area contributed by atoms with E-state index in [1.165, 1.54) is 0 Å². The number of rotatable bonds is 5. The van der Waals surface area contributed by atoms with Crippen LogP contribution >= 0.6 is 0 Å². The molecule has 1 fully saturated rings. The topological polar surface area (TPSA) is 76.6 Å².